The number of ether oxygens (including phenoxy) is 1. The summed E-state index contributed by atoms with van der Waals surface area (Å²) in [7, 11) is 0. The van der Waals surface area contributed by atoms with E-state index in [2.05, 4.69) is 15.2 Å². The van der Waals surface area contributed by atoms with Gasteiger partial charge in [0.15, 0.2) is 0 Å². The molecule has 2 N–H and O–H groups in total. The lowest BCUT2D eigenvalue weighted by molar-refractivity contribution is -0.115. The van der Waals surface area contributed by atoms with Crippen LogP contribution in [0.4, 0.5) is 15.7 Å². The summed E-state index contributed by atoms with van der Waals surface area (Å²) in [6, 6.07) is 11.5. The Kier molecular flexibility index (Phi) is 6.47. The molecule has 10 heteroatoms. The van der Waals surface area contributed by atoms with Crippen LogP contribution in [0.15, 0.2) is 36.4 Å². The maximum atomic E-state index is 13.1. The van der Waals surface area contributed by atoms with E-state index in [4.69, 9.17) is 9.72 Å². The van der Waals surface area contributed by atoms with Gasteiger partial charge < -0.3 is 19.5 Å². The molecule has 0 unspecified atom stereocenters. The molecule has 2 fully saturated rings. The number of fused-ring (bicyclic) bond motifs is 1. The molecule has 37 heavy (non-hydrogen) atoms. The first-order valence-corrected chi connectivity index (χ1v) is 13.5. The van der Waals surface area contributed by atoms with E-state index < -0.39 is 5.60 Å². The van der Waals surface area contributed by atoms with Crippen molar-refractivity contribution >= 4 is 51.2 Å². The topological polar surface area (TPSA) is 106 Å². The number of anilines is 2. The van der Waals surface area contributed by atoms with Crippen LogP contribution in [-0.2, 0) is 9.53 Å². The van der Waals surface area contributed by atoms with E-state index in [1.54, 1.807) is 19.1 Å². The molecule has 196 valence electrons. The van der Waals surface area contributed by atoms with Crippen molar-refractivity contribution in [3.8, 4) is 0 Å². The van der Waals surface area contributed by atoms with Gasteiger partial charge in [0.1, 0.15) is 5.60 Å². The molecule has 1 saturated carbocycles. The number of likely N-dealkylation sites (tertiary alicyclic amines) is 1. The minimum Gasteiger partial charge on any atom is -0.444 e. The lowest BCUT2D eigenvalue weighted by atomic mass is 9.65. The highest BCUT2D eigenvalue weighted by Gasteiger charge is 2.51. The monoisotopic (exact) mass is 523 g/mol. The molecule has 0 radical (unpaired) electrons. The van der Waals surface area contributed by atoms with Crippen molar-refractivity contribution < 1.29 is 19.1 Å². The molecule has 0 atom stereocenters. The molecular formula is C27H33N5O4S. The molecule has 3 aromatic rings. The molecule has 9 nitrogen and oxygen atoms in total. The Morgan fingerprint density at radius 1 is 1.14 bits per heavy atom. The highest BCUT2D eigenvalue weighted by molar-refractivity contribution is 7.18. The second-order valence-corrected chi connectivity index (χ2v) is 12.1. The number of thiophene rings is 1. The highest BCUT2D eigenvalue weighted by atomic mass is 32.1. The van der Waals surface area contributed by atoms with Crippen LogP contribution in [0.1, 0.15) is 69.1 Å². The van der Waals surface area contributed by atoms with E-state index in [9.17, 15) is 14.4 Å². The van der Waals surface area contributed by atoms with Gasteiger partial charge in [-0.3, -0.25) is 14.9 Å². The second kappa shape index (κ2) is 9.48. The van der Waals surface area contributed by atoms with Gasteiger partial charge in [-0.15, -0.1) is 11.3 Å². The zero-order chi connectivity index (χ0) is 26.4. The predicted molar refractivity (Wildman–Crippen MR) is 144 cm³/mol. The van der Waals surface area contributed by atoms with Gasteiger partial charge in [-0.25, -0.2) is 9.78 Å². The second-order valence-electron chi connectivity index (χ2n) is 11.0. The summed E-state index contributed by atoms with van der Waals surface area (Å²) in [5, 5.41) is 6.44. The van der Waals surface area contributed by atoms with Gasteiger partial charge in [0.05, 0.1) is 20.9 Å². The number of imidazole rings is 1. The predicted octanol–water partition coefficient (Wildman–Crippen LogP) is 5.66. The molecule has 1 saturated heterocycles. The first-order valence-electron chi connectivity index (χ1n) is 12.7. The number of carbonyl (C=O) groups is 3. The lowest BCUT2D eigenvalue weighted by Gasteiger charge is -2.46. The van der Waals surface area contributed by atoms with Crippen molar-refractivity contribution in [3.05, 3.63) is 41.3 Å². The number of amides is 3. The maximum absolute atomic E-state index is 13.1. The molecule has 1 aromatic carbocycles. The summed E-state index contributed by atoms with van der Waals surface area (Å²) in [6.07, 6.45) is 2.88. The Morgan fingerprint density at radius 2 is 1.89 bits per heavy atom. The Bertz CT molecular complexity index is 1350. The van der Waals surface area contributed by atoms with Crippen molar-refractivity contribution in [1.29, 1.82) is 0 Å². The smallest absolute Gasteiger partial charge is 0.410 e. The fourth-order valence-electron chi connectivity index (χ4n) is 5.29. The van der Waals surface area contributed by atoms with Crippen LogP contribution in [-0.4, -0.2) is 51.0 Å². The van der Waals surface area contributed by atoms with E-state index in [0.717, 1.165) is 30.3 Å². The van der Waals surface area contributed by atoms with E-state index in [-0.39, 0.29) is 29.4 Å². The van der Waals surface area contributed by atoms with Crippen LogP contribution in [0.5, 0.6) is 0 Å². The number of nitrogens with zero attached hydrogens (tertiary/aromatic N) is 3. The van der Waals surface area contributed by atoms with Crippen LogP contribution in [0.2, 0.25) is 0 Å². The molecule has 2 aromatic heterocycles. The molecule has 3 heterocycles. The van der Waals surface area contributed by atoms with Gasteiger partial charge in [-0.05, 0) is 69.7 Å². The zero-order valence-electron chi connectivity index (χ0n) is 21.7. The van der Waals surface area contributed by atoms with Crippen LogP contribution in [0.3, 0.4) is 0 Å². The number of hydrogen-bond acceptors (Lipinski definition) is 6. The minimum atomic E-state index is -0.511. The molecule has 2 aliphatic rings. The number of aromatic nitrogens is 2. The fourth-order valence-corrected chi connectivity index (χ4v) is 6.11. The maximum Gasteiger partial charge on any atom is 0.410 e. The normalized spacial score (nSPS) is 21.2. The highest BCUT2D eigenvalue weighted by Crippen LogP contribution is 2.55. The largest absolute Gasteiger partial charge is 0.444 e. The van der Waals surface area contributed by atoms with Gasteiger partial charge >= 0.3 is 6.09 Å². The SMILES string of the molecule is CCC(=O)Nc1ccc(C(=O)Nc2nc3ccccc3n2C2CC3(CCN(C(=O)OC(C)(C)C)C3)C2)s1. The van der Waals surface area contributed by atoms with Crippen LogP contribution < -0.4 is 10.6 Å². The summed E-state index contributed by atoms with van der Waals surface area (Å²) >= 11 is 1.24. The number of benzene rings is 1. The van der Waals surface area contributed by atoms with Crippen LogP contribution in [0.25, 0.3) is 11.0 Å². The Balaban J connectivity index is 1.31. The summed E-state index contributed by atoms with van der Waals surface area (Å²) < 4.78 is 7.70. The number of rotatable bonds is 5. The van der Waals surface area contributed by atoms with Crippen molar-refractivity contribution in [2.24, 2.45) is 5.41 Å². The summed E-state index contributed by atoms with van der Waals surface area (Å²) in [6.45, 7) is 8.82. The molecule has 1 spiro atoms. The van der Waals surface area contributed by atoms with E-state index in [1.165, 1.54) is 11.3 Å². The molecule has 1 aliphatic carbocycles. The van der Waals surface area contributed by atoms with Crippen molar-refractivity contribution in [3.63, 3.8) is 0 Å². The third-order valence-corrected chi connectivity index (χ3v) is 8.03. The first kappa shape index (κ1) is 25.3. The molecule has 1 aliphatic heterocycles. The van der Waals surface area contributed by atoms with Crippen molar-refractivity contribution in [2.75, 3.05) is 23.7 Å². The van der Waals surface area contributed by atoms with Gasteiger partial charge in [0.25, 0.3) is 5.91 Å². The summed E-state index contributed by atoms with van der Waals surface area (Å²) in [4.78, 5) is 44.4. The quantitative estimate of drug-likeness (QED) is 0.449. The Morgan fingerprint density at radius 3 is 2.62 bits per heavy atom. The molecule has 0 bridgehead atoms. The minimum absolute atomic E-state index is 0.0639. The third kappa shape index (κ3) is 5.20. The average molecular weight is 524 g/mol. The van der Waals surface area contributed by atoms with Gasteiger partial charge in [0, 0.05) is 25.6 Å². The molecule has 3 amide bonds. The third-order valence-electron chi connectivity index (χ3n) is 7.03. The van der Waals surface area contributed by atoms with Crippen LogP contribution >= 0.6 is 11.3 Å². The van der Waals surface area contributed by atoms with E-state index in [1.807, 2.05) is 49.9 Å². The molecular weight excluding hydrogens is 490 g/mol. The van der Waals surface area contributed by atoms with E-state index >= 15 is 0 Å². The number of carbonyl (C=O) groups excluding carboxylic acids is 3. The Labute approximate surface area is 220 Å². The van der Waals surface area contributed by atoms with Crippen molar-refractivity contribution in [1.82, 2.24) is 14.5 Å². The van der Waals surface area contributed by atoms with Gasteiger partial charge in [-0.1, -0.05) is 19.1 Å². The fraction of sp³-hybridized carbons (Fsp3) is 0.481. The summed E-state index contributed by atoms with van der Waals surface area (Å²) in [5.41, 5.74) is 1.35. The Hall–Kier alpha value is -3.40. The lowest BCUT2D eigenvalue weighted by Crippen LogP contribution is -2.43. The zero-order valence-corrected chi connectivity index (χ0v) is 22.5. The number of para-hydroxylation sites is 2. The summed E-state index contributed by atoms with van der Waals surface area (Å²) in [5.74, 6) is 0.164. The van der Waals surface area contributed by atoms with Gasteiger partial charge in [0.2, 0.25) is 11.9 Å². The first-order chi connectivity index (χ1) is 17.6. The number of nitrogens with one attached hydrogen (secondary N) is 2. The average Bonchev–Trinajstić information content (AvgIpc) is 3.53. The van der Waals surface area contributed by atoms with Gasteiger partial charge in [-0.2, -0.15) is 0 Å². The van der Waals surface area contributed by atoms with E-state index in [0.29, 0.717) is 35.3 Å². The standard InChI is InChI=1S/C27H33N5O4S/c1-5-21(33)29-22-11-10-20(37-22)23(34)30-24-28-18-8-6-7-9-19(18)32(24)17-14-27(15-17)12-13-31(16-27)25(35)36-26(2,3)4/h6-11,17H,5,12-16H2,1-4H3,(H,29,33)(H,28,30,34). The molecule has 5 rings (SSSR count). The van der Waals surface area contributed by atoms with Crippen LogP contribution in [0, 0.1) is 5.41 Å². The number of hydrogen-bond donors (Lipinski definition) is 2. The van der Waals surface area contributed by atoms with Crippen molar-refractivity contribution in [2.45, 2.75) is 65.0 Å².